The van der Waals surface area contributed by atoms with Gasteiger partial charge in [0.1, 0.15) is 0 Å². The summed E-state index contributed by atoms with van der Waals surface area (Å²) in [6.45, 7) is 0.695. The second-order valence-electron chi connectivity index (χ2n) is 3.90. The third-order valence-corrected chi connectivity index (χ3v) is 2.58. The van der Waals surface area contributed by atoms with Gasteiger partial charge in [-0.05, 0) is 31.4 Å². The molecule has 0 bridgehead atoms. The monoisotopic (exact) mass is 253 g/mol. The molecule has 0 saturated carbocycles. The molecule has 1 aromatic carbocycles. The lowest BCUT2D eigenvalue weighted by Crippen LogP contribution is -2.24. The number of rotatable bonds is 7. The van der Waals surface area contributed by atoms with Crippen LogP contribution in [0.5, 0.6) is 11.5 Å². The molecule has 0 saturated heterocycles. The number of unbranched alkanes of at least 4 members (excludes halogenated alkanes) is 2. The van der Waals surface area contributed by atoms with E-state index in [2.05, 4.69) is 5.32 Å². The van der Waals surface area contributed by atoms with Crippen molar-refractivity contribution < 1.29 is 19.7 Å². The normalized spacial score (nSPS) is 10.1. The first-order chi connectivity index (χ1) is 8.70. The van der Waals surface area contributed by atoms with Gasteiger partial charge in [0.05, 0.1) is 12.7 Å². The van der Waals surface area contributed by atoms with Crippen LogP contribution in [0.2, 0.25) is 0 Å². The number of nitrogens with one attached hydrogen (secondary N) is 1. The first kappa shape index (κ1) is 14.3. The van der Waals surface area contributed by atoms with Crippen molar-refractivity contribution in [3.05, 3.63) is 23.8 Å². The van der Waals surface area contributed by atoms with E-state index in [9.17, 15) is 9.90 Å². The van der Waals surface area contributed by atoms with E-state index in [0.717, 1.165) is 19.3 Å². The van der Waals surface area contributed by atoms with Crippen LogP contribution >= 0.6 is 0 Å². The molecule has 0 heterocycles. The van der Waals surface area contributed by atoms with E-state index in [1.807, 2.05) is 0 Å². The van der Waals surface area contributed by atoms with Crippen LogP contribution in [0.3, 0.4) is 0 Å². The molecule has 1 rings (SSSR count). The van der Waals surface area contributed by atoms with Crippen LogP contribution in [0, 0.1) is 0 Å². The summed E-state index contributed by atoms with van der Waals surface area (Å²) >= 11 is 0. The quantitative estimate of drug-likeness (QED) is 0.640. The van der Waals surface area contributed by atoms with Crippen LogP contribution in [0.25, 0.3) is 0 Å². The average Bonchev–Trinajstić information content (AvgIpc) is 2.38. The standard InChI is InChI=1S/C13H19NO4/c1-18-11-7-5-6-10(12(11)16)13(17)14-8-3-2-4-9-15/h5-7,15-16H,2-4,8-9H2,1H3,(H,14,17). The Morgan fingerprint density at radius 1 is 1.33 bits per heavy atom. The Bertz CT molecular complexity index is 393. The van der Waals surface area contributed by atoms with Gasteiger partial charge in [-0.15, -0.1) is 0 Å². The number of carbonyl (C=O) groups is 1. The molecule has 0 aromatic heterocycles. The number of hydrogen-bond donors (Lipinski definition) is 3. The molecule has 1 amide bonds. The zero-order chi connectivity index (χ0) is 13.4. The SMILES string of the molecule is COc1cccc(C(=O)NCCCCCO)c1O. The first-order valence-corrected chi connectivity index (χ1v) is 5.95. The van der Waals surface area contributed by atoms with Gasteiger partial charge in [0.2, 0.25) is 0 Å². The second kappa shape index (κ2) is 7.55. The van der Waals surface area contributed by atoms with Gasteiger partial charge < -0.3 is 20.3 Å². The van der Waals surface area contributed by atoms with Crippen molar-refractivity contribution in [2.75, 3.05) is 20.3 Å². The highest BCUT2D eigenvalue weighted by molar-refractivity contribution is 5.97. The second-order valence-corrected chi connectivity index (χ2v) is 3.90. The average molecular weight is 253 g/mol. The molecular weight excluding hydrogens is 234 g/mol. The third-order valence-electron chi connectivity index (χ3n) is 2.58. The number of para-hydroxylation sites is 1. The molecule has 5 nitrogen and oxygen atoms in total. The minimum Gasteiger partial charge on any atom is -0.504 e. The molecule has 0 aliphatic heterocycles. The van der Waals surface area contributed by atoms with Gasteiger partial charge in [0, 0.05) is 13.2 Å². The van der Waals surface area contributed by atoms with E-state index in [4.69, 9.17) is 9.84 Å². The number of benzene rings is 1. The number of carbonyl (C=O) groups excluding carboxylic acids is 1. The molecule has 0 atom stereocenters. The number of ether oxygens (including phenoxy) is 1. The van der Waals surface area contributed by atoms with Gasteiger partial charge in [-0.1, -0.05) is 6.07 Å². The van der Waals surface area contributed by atoms with Gasteiger partial charge in [-0.3, -0.25) is 4.79 Å². The van der Waals surface area contributed by atoms with Crippen molar-refractivity contribution >= 4 is 5.91 Å². The van der Waals surface area contributed by atoms with Crippen molar-refractivity contribution in [2.45, 2.75) is 19.3 Å². The van der Waals surface area contributed by atoms with Crippen molar-refractivity contribution in [2.24, 2.45) is 0 Å². The maximum Gasteiger partial charge on any atom is 0.255 e. The number of phenols is 1. The van der Waals surface area contributed by atoms with Crippen LogP contribution in [-0.2, 0) is 0 Å². The number of aliphatic hydroxyl groups is 1. The van der Waals surface area contributed by atoms with Crippen molar-refractivity contribution in [3.8, 4) is 11.5 Å². The maximum atomic E-state index is 11.8. The van der Waals surface area contributed by atoms with Gasteiger partial charge in [-0.25, -0.2) is 0 Å². The molecule has 0 aliphatic carbocycles. The summed E-state index contributed by atoms with van der Waals surface area (Å²) in [5, 5.41) is 21.1. The summed E-state index contributed by atoms with van der Waals surface area (Å²) in [5.74, 6) is -0.189. The molecule has 0 fully saturated rings. The Hall–Kier alpha value is -1.75. The Morgan fingerprint density at radius 2 is 2.11 bits per heavy atom. The minimum absolute atomic E-state index is 0.146. The number of methoxy groups -OCH3 is 1. The zero-order valence-electron chi connectivity index (χ0n) is 10.5. The van der Waals surface area contributed by atoms with E-state index in [1.165, 1.54) is 7.11 Å². The topological polar surface area (TPSA) is 78.8 Å². The Kier molecular flexibility index (Phi) is 6.00. The largest absolute Gasteiger partial charge is 0.504 e. The van der Waals surface area contributed by atoms with Crippen LogP contribution in [0.15, 0.2) is 18.2 Å². The highest BCUT2D eigenvalue weighted by Crippen LogP contribution is 2.29. The number of hydrogen-bond acceptors (Lipinski definition) is 4. The summed E-state index contributed by atoms with van der Waals surface area (Å²) in [7, 11) is 1.44. The summed E-state index contributed by atoms with van der Waals surface area (Å²) < 4.78 is 4.94. The fourth-order valence-electron chi connectivity index (χ4n) is 1.58. The molecule has 0 spiro atoms. The molecular formula is C13H19NO4. The van der Waals surface area contributed by atoms with Crippen molar-refractivity contribution in [1.82, 2.24) is 5.32 Å². The fraction of sp³-hybridized carbons (Fsp3) is 0.462. The number of amides is 1. The Balaban J connectivity index is 2.51. The number of phenolic OH excluding ortho intramolecular Hbond substituents is 1. The molecule has 0 unspecified atom stereocenters. The van der Waals surface area contributed by atoms with Gasteiger partial charge in [0.15, 0.2) is 11.5 Å². The van der Waals surface area contributed by atoms with E-state index >= 15 is 0 Å². The number of aromatic hydroxyl groups is 1. The highest BCUT2D eigenvalue weighted by Gasteiger charge is 2.13. The molecule has 5 heteroatoms. The Morgan fingerprint density at radius 3 is 2.78 bits per heavy atom. The third kappa shape index (κ3) is 3.92. The molecule has 0 aliphatic rings. The van der Waals surface area contributed by atoms with E-state index in [1.54, 1.807) is 18.2 Å². The predicted molar refractivity (Wildman–Crippen MR) is 67.9 cm³/mol. The molecule has 0 radical (unpaired) electrons. The van der Waals surface area contributed by atoms with E-state index < -0.39 is 0 Å². The lowest BCUT2D eigenvalue weighted by Gasteiger charge is -2.09. The van der Waals surface area contributed by atoms with E-state index in [0.29, 0.717) is 6.54 Å². The van der Waals surface area contributed by atoms with Crippen LogP contribution in [0.4, 0.5) is 0 Å². The highest BCUT2D eigenvalue weighted by atomic mass is 16.5. The lowest BCUT2D eigenvalue weighted by molar-refractivity contribution is 0.0949. The van der Waals surface area contributed by atoms with Crippen molar-refractivity contribution in [1.29, 1.82) is 0 Å². The smallest absolute Gasteiger partial charge is 0.255 e. The van der Waals surface area contributed by atoms with Crippen LogP contribution in [0.1, 0.15) is 29.6 Å². The summed E-state index contributed by atoms with van der Waals surface area (Å²) in [6, 6.07) is 4.79. The van der Waals surface area contributed by atoms with Gasteiger partial charge >= 0.3 is 0 Å². The minimum atomic E-state index is -0.324. The number of aliphatic hydroxyl groups excluding tert-OH is 1. The summed E-state index contributed by atoms with van der Waals surface area (Å²) in [6.07, 6.45) is 2.40. The fourth-order valence-corrected chi connectivity index (χ4v) is 1.58. The zero-order valence-corrected chi connectivity index (χ0v) is 10.5. The predicted octanol–water partition coefficient (Wildman–Crippen LogP) is 1.29. The molecule has 1 aromatic rings. The summed E-state index contributed by atoms with van der Waals surface area (Å²) in [5.41, 5.74) is 0.205. The van der Waals surface area contributed by atoms with Crippen LogP contribution < -0.4 is 10.1 Å². The molecule has 100 valence electrons. The van der Waals surface area contributed by atoms with Gasteiger partial charge in [-0.2, -0.15) is 0 Å². The molecule has 18 heavy (non-hydrogen) atoms. The van der Waals surface area contributed by atoms with Crippen molar-refractivity contribution in [3.63, 3.8) is 0 Å². The first-order valence-electron chi connectivity index (χ1n) is 5.95. The van der Waals surface area contributed by atoms with E-state index in [-0.39, 0.29) is 29.6 Å². The maximum absolute atomic E-state index is 11.8. The van der Waals surface area contributed by atoms with Gasteiger partial charge in [0.25, 0.3) is 5.91 Å². The lowest BCUT2D eigenvalue weighted by atomic mass is 10.1. The molecule has 3 N–H and O–H groups in total. The van der Waals surface area contributed by atoms with Crippen LogP contribution in [-0.4, -0.2) is 36.4 Å². The summed E-state index contributed by atoms with van der Waals surface area (Å²) in [4.78, 5) is 11.8. The Labute approximate surface area is 106 Å².